The number of benzene rings is 1. The molecule has 102 valence electrons. The highest BCUT2D eigenvalue weighted by Gasteiger charge is 2.25. The standard InChI is InChI=1S/C16H21NO2/c1-3-13-4-6-14(7-5-13)16(19)12(2)17-10-8-15(18)9-11-17/h4-7,12H,3,8-11H2,1-2H3. The molecule has 0 radical (unpaired) electrons. The minimum absolute atomic E-state index is 0.138. The van der Waals surface area contributed by atoms with Gasteiger partial charge in [-0.15, -0.1) is 0 Å². The molecule has 1 atom stereocenters. The van der Waals surface area contributed by atoms with Crippen LogP contribution in [0, 0.1) is 0 Å². The Balaban J connectivity index is 2.03. The number of hydrogen-bond acceptors (Lipinski definition) is 3. The summed E-state index contributed by atoms with van der Waals surface area (Å²) in [5.74, 6) is 0.459. The number of ketones is 2. The molecule has 1 aliphatic heterocycles. The maximum atomic E-state index is 12.4. The van der Waals surface area contributed by atoms with E-state index in [0.29, 0.717) is 31.7 Å². The molecular formula is C16H21NO2. The van der Waals surface area contributed by atoms with Crippen molar-refractivity contribution in [2.75, 3.05) is 13.1 Å². The molecule has 0 N–H and O–H groups in total. The summed E-state index contributed by atoms with van der Waals surface area (Å²) in [6.45, 7) is 5.45. The topological polar surface area (TPSA) is 37.4 Å². The van der Waals surface area contributed by atoms with Crippen molar-refractivity contribution in [3.8, 4) is 0 Å². The first-order valence-corrected chi connectivity index (χ1v) is 7.00. The number of nitrogens with zero attached hydrogens (tertiary/aromatic N) is 1. The van der Waals surface area contributed by atoms with Crippen molar-refractivity contribution in [1.82, 2.24) is 4.90 Å². The van der Waals surface area contributed by atoms with E-state index in [1.165, 1.54) is 5.56 Å². The minimum atomic E-state index is -0.138. The molecule has 0 aromatic heterocycles. The Morgan fingerprint density at radius 2 is 1.79 bits per heavy atom. The van der Waals surface area contributed by atoms with Crippen LogP contribution in [0.5, 0.6) is 0 Å². The van der Waals surface area contributed by atoms with Crippen LogP contribution in [0.4, 0.5) is 0 Å². The Morgan fingerprint density at radius 1 is 1.21 bits per heavy atom. The van der Waals surface area contributed by atoms with E-state index in [9.17, 15) is 9.59 Å². The molecule has 0 spiro atoms. The zero-order chi connectivity index (χ0) is 13.8. The molecule has 1 aromatic carbocycles. The second-order valence-corrected chi connectivity index (χ2v) is 5.17. The maximum absolute atomic E-state index is 12.4. The summed E-state index contributed by atoms with van der Waals surface area (Å²) in [5, 5.41) is 0. The van der Waals surface area contributed by atoms with E-state index in [1.807, 2.05) is 31.2 Å². The van der Waals surface area contributed by atoms with Crippen molar-refractivity contribution in [3.05, 3.63) is 35.4 Å². The first-order chi connectivity index (χ1) is 9.11. The first-order valence-electron chi connectivity index (χ1n) is 7.00. The number of rotatable bonds is 4. The van der Waals surface area contributed by atoms with Gasteiger partial charge in [-0.2, -0.15) is 0 Å². The van der Waals surface area contributed by atoms with Crippen molar-refractivity contribution in [3.63, 3.8) is 0 Å². The van der Waals surface area contributed by atoms with Gasteiger partial charge < -0.3 is 0 Å². The Kier molecular flexibility index (Phi) is 4.48. The fourth-order valence-electron chi connectivity index (χ4n) is 2.47. The van der Waals surface area contributed by atoms with Crippen molar-refractivity contribution in [1.29, 1.82) is 0 Å². The van der Waals surface area contributed by atoms with Gasteiger partial charge in [-0.1, -0.05) is 31.2 Å². The largest absolute Gasteiger partial charge is 0.300 e. The van der Waals surface area contributed by atoms with Gasteiger partial charge in [0.05, 0.1) is 6.04 Å². The highest BCUT2D eigenvalue weighted by molar-refractivity contribution is 6.00. The van der Waals surface area contributed by atoms with Crippen molar-refractivity contribution in [2.45, 2.75) is 39.2 Å². The van der Waals surface area contributed by atoms with Gasteiger partial charge in [-0.25, -0.2) is 0 Å². The van der Waals surface area contributed by atoms with Crippen molar-refractivity contribution in [2.24, 2.45) is 0 Å². The number of piperidine rings is 1. The quantitative estimate of drug-likeness (QED) is 0.780. The SMILES string of the molecule is CCc1ccc(C(=O)C(C)N2CCC(=O)CC2)cc1. The van der Waals surface area contributed by atoms with Crippen molar-refractivity contribution < 1.29 is 9.59 Å². The molecule has 0 saturated carbocycles. The molecule has 0 aliphatic carbocycles. The lowest BCUT2D eigenvalue weighted by molar-refractivity contribution is -0.121. The fraction of sp³-hybridized carbons (Fsp3) is 0.500. The van der Waals surface area contributed by atoms with E-state index in [-0.39, 0.29) is 11.8 Å². The number of carbonyl (C=O) groups excluding carboxylic acids is 2. The second kappa shape index (κ2) is 6.11. The van der Waals surface area contributed by atoms with Gasteiger partial charge in [-0.3, -0.25) is 14.5 Å². The van der Waals surface area contributed by atoms with Gasteiger partial charge in [0.15, 0.2) is 5.78 Å². The third-order valence-electron chi connectivity index (χ3n) is 3.93. The lowest BCUT2D eigenvalue weighted by Gasteiger charge is -2.30. The molecule has 1 saturated heterocycles. The molecule has 1 unspecified atom stereocenters. The van der Waals surface area contributed by atoms with Crippen LogP contribution in [0.3, 0.4) is 0 Å². The van der Waals surface area contributed by atoms with Gasteiger partial charge in [0, 0.05) is 31.5 Å². The number of carbonyl (C=O) groups is 2. The second-order valence-electron chi connectivity index (χ2n) is 5.17. The predicted molar refractivity (Wildman–Crippen MR) is 75.4 cm³/mol. The Hall–Kier alpha value is -1.48. The van der Waals surface area contributed by atoms with Gasteiger partial charge in [0.1, 0.15) is 5.78 Å². The summed E-state index contributed by atoms with van der Waals surface area (Å²) in [4.78, 5) is 25.7. The van der Waals surface area contributed by atoms with Gasteiger partial charge in [-0.05, 0) is 18.9 Å². The average Bonchev–Trinajstić information content (AvgIpc) is 2.46. The molecule has 1 fully saturated rings. The van der Waals surface area contributed by atoms with Gasteiger partial charge in [0.25, 0.3) is 0 Å². The summed E-state index contributed by atoms with van der Waals surface area (Å²) in [6, 6.07) is 7.71. The first kappa shape index (κ1) is 13.9. The lowest BCUT2D eigenvalue weighted by Crippen LogP contribution is -2.44. The van der Waals surface area contributed by atoms with E-state index in [1.54, 1.807) is 0 Å². The molecule has 1 heterocycles. The number of likely N-dealkylation sites (tertiary alicyclic amines) is 1. The molecule has 3 heteroatoms. The maximum Gasteiger partial charge on any atom is 0.179 e. The van der Waals surface area contributed by atoms with Crippen LogP contribution in [0.25, 0.3) is 0 Å². The summed E-state index contributed by atoms with van der Waals surface area (Å²) in [7, 11) is 0. The highest BCUT2D eigenvalue weighted by atomic mass is 16.1. The summed E-state index contributed by atoms with van der Waals surface area (Å²) >= 11 is 0. The average molecular weight is 259 g/mol. The number of aryl methyl sites for hydroxylation is 1. The van der Waals surface area contributed by atoms with E-state index in [2.05, 4.69) is 11.8 Å². The van der Waals surface area contributed by atoms with Crippen LogP contribution in [0.15, 0.2) is 24.3 Å². The van der Waals surface area contributed by atoms with E-state index in [4.69, 9.17) is 0 Å². The zero-order valence-corrected chi connectivity index (χ0v) is 11.7. The smallest absolute Gasteiger partial charge is 0.179 e. The Labute approximate surface area is 114 Å². The van der Waals surface area contributed by atoms with Crippen LogP contribution < -0.4 is 0 Å². The normalized spacial score (nSPS) is 18.3. The van der Waals surface area contributed by atoms with Gasteiger partial charge >= 0.3 is 0 Å². The predicted octanol–water partition coefficient (Wildman–Crippen LogP) is 2.49. The summed E-state index contributed by atoms with van der Waals surface area (Å²) < 4.78 is 0. The molecule has 3 nitrogen and oxygen atoms in total. The number of Topliss-reactive ketones (excluding diaryl/α,β-unsaturated/α-hetero) is 2. The van der Waals surface area contributed by atoms with E-state index in [0.717, 1.165) is 12.0 Å². The summed E-state index contributed by atoms with van der Waals surface area (Å²) in [5.41, 5.74) is 2.01. The van der Waals surface area contributed by atoms with Crippen molar-refractivity contribution >= 4 is 11.6 Å². The van der Waals surface area contributed by atoms with Crippen LogP contribution in [-0.4, -0.2) is 35.6 Å². The third-order valence-corrected chi connectivity index (χ3v) is 3.93. The van der Waals surface area contributed by atoms with Crippen LogP contribution in [-0.2, 0) is 11.2 Å². The molecule has 0 bridgehead atoms. The molecular weight excluding hydrogens is 238 g/mol. The van der Waals surface area contributed by atoms with E-state index >= 15 is 0 Å². The fourth-order valence-corrected chi connectivity index (χ4v) is 2.47. The minimum Gasteiger partial charge on any atom is -0.300 e. The lowest BCUT2D eigenvalue weighted by atomic mass is 10.00. The molecule has 2 rings (SSSR count). The van der Waals surface area contributed by atoms with E-state index < -0.39 is 0 Å². The molecule has 0 amide bonds. The molecule has 1 aromatic rings. The molecule has 19 heavy (non-hydrogen) atoms. The van der Waals surface area contributed by atoms with Crippen LogP contribution in [0.2, 0.25) is 0 Å². The molecule has 1 aliphatic rings. The van der Waals surface area contributed by atoms with Crippen LogP contribution >= 0.6 is 0 Å². The monoisotopic (exact) mass is 259 g/mol. The van der Waals surface area contributed by atoms with Crippen LogP contribution in [0.1, 0.15) is 42.6 Å². The zero-order valence-electron chi connectivity index (χ0n) is 11.7. The Bertz CT molecular complexity index is 454. The third kappa shape index (κ3) is 3.29. The Morgan fingerprint density at radius 3 is 2.32 bits per heavy atom. The summed E-state index contributed by atoms with van der Waals surface area (Å²) in [6.07, 6.45) is 2.14. The highest BCUT2D eigenvalue weighted by Crippen LogP contribution is 2.15. The van der Waals surface area contributed by atoms with Gasteiger partial charge in [0.2, 0.25) is 0 Å². The number of hydrogen-bond donors (Lipinski definition) is 0.